The number of amidine groups is 1. The first-order chi connectivity index (χ1) is 22.7. The van der Waals surface area contributed by atoms with Crippen molar-refractivity contribution in [2.75, 3.05) is 26.8 Å². The first-order valence-corrected chi connectivity index (χ1v) is 17.1. The largest absolute Gasteiger partial charge is 0.493 e. The zero-order valence-electron chi connectivity index (χ0n) is 28.8. The van der Waals surface area contributed by atoms with Gasteiger partial charge >= 0.3 is 6.03 Å². The number of piperidine rings is 1. The summed E-state index contributed by atoms with van der Waals surface area (Å²) >= 11 is 12.8. The molecule has 2 aromatic carbocycles. The fraction of sp³-hybridized carbons (Fsp3) is 0.459. The molecule has 0 aliphatic carbocycles. The third-order valence-corrected chi connectivity index (χ3v) is 10.2. The van der Waals surface area contributed by atoms with E-state index in [-0.39, 0.29) is 23.3 Å². The standard InChI is InChI=1S/C37H45Cl2N5O4/c1-8-48-30-22-31(35(2,3)4)40-23-29(30)33-41-36(5,25-9-13-27(38)14-10-25)37(6,26-11-15-28(39)16-12-26)44(33)34(46)43-19-17-24(18-20-43)21-32(45)42-47-7/h9-16,22-24H,8,17-21H2,1-7H3,(H,42,45)/t36-,37+/m0/s1. The van der Waals surface area contributed by atoms with Gasteiger partial charge in [-0.05, 0) is 74.9 Å². The van der Waals surface area contributed by atoms with Gasteiger partial charge in [0, 0.05) is 52.9 Å². The minimum Gasteiger partial charge on any atom is -0.493 e. The Hall–Kier alpha value is -3.66. The lowest BCUT2D eigenvalue weighted by Gasteiger charge is -2.47. The Bertz CT molecular complexity index is 1670. The van der Waals surface area contributed by atoms with E-state index in [0.29, 0.717) is 66.2 Å². The number of aromatic nitrogens is 1. The number of ether oxygens (including phenoxy) is 1. The Morgan fingerprint density at radius 2 is 1.56 bits per heavy atom. The first kappa shape index (κ1) is 35.6. The van der Waals surface area contributed by atoms with Crippen molar-refractivity contribution in [3.8, 4) is 5.75 Å². The van der Waals surface area contributed by atoms with E-state index in [9.17, 15) is 4.79 Å². The highest BCUT2D eigenvalue weighted by molar-refractivity contribution is 6.30. The molecule has 0 bridgehead atoms. The van der Waals surface area contributed by atoms with E-state index in [4.69, 9.17) is 42.8 Å². The number of rotatable bonds is 8. The number of amides is 3. The smallest absolute Gasteiger partial charge is 0.326 e. The Morgan fingerprint density at radius 1 is 0.979 bits per heavy atom. The fourth-order valence-corrected chi connectivity index (χ4v) is 7.00. The molecule has 1 N–H and O–H groups in total. The molecular weight excluding hydrogens is 649 g/mol. The maximum Gasteiger partial charge on any atom is 0.326 e. The molecule has 5 rings (SSSR count). The second-order valence-corrected chi connectivity index (χ2v) is 14.7. The molecule has 1 saturated heterocycles. The average molecular weight is 695 g/mol. The van der Waals surface area contributed by atoms with E-state index >= 15 is 4.79 Å². The molecule has 3 heterocycles. The van der Waals surface area contributed by atoms with Gasteiger partial charge in [-0.15, -0.1) is 0 Å². The van der Waals surface area contributed by atoms with Gasteiger partial charge in [-0.3, -0.25) is 24.5 Å². The van der Waals surface area contributed by atoms with Crippen molar-refractivity contribution >= 4 is 41.0 Å². The molecule has 9 nitrogen and oxygen atoms in total. The Balaban J connectivity index is 1.68. The lowest BCUT2D eigenvalue weighted by atomic mass is 9.71. The molecule has 3 amide bonds. The summed E-state index contributed by atoms with van der Waals surface area (Å²) in [4.78, 5) is 46.2. The number of hydrogen-bond acceptors (Lipinski definition) is 6. The summed E-state index contributed by atoms with van der Waals surface area (Å²) in [5.74, 6) is 1.04. The van der Waals surface area contributed by atoms with Gasteiger partial charge in [0.1, 0.15) is 22.7 Å². The molecule has 2 atom stereocenters. The molecule has 0 radical (unpaired) electrons. The topological polar surface area (TPSA) is 96.4 Å². The zero-order valence-corrected chi connectivity index (χ0v) is 30.3. The number of halogens is 2. The van der Waals surface area contributed by atoms with Crippen LogP contribution < -0.4 is 10.2 Å². The van der Waals surface area contributed by atoms with Crippen LogP contribution in [0.4, 0.5) is 4.79 Å². The maximum atomic E-state index is 15.1. The van der Waals surface area contributed by atoms with E-state index < -0.39 is 11.1 Å². The van der Waals surface area contributed by atoms with Gasteiger partial charge in [0.15, 0.2) is 0 Å². The van der Waals surface area contributed by atoms with E-state index in [1.165, 1.54) is 7.11 Å². The molecule has 2 aliphatic rings. The Labute approximate surface area is 293 Å². The number of carbonyl (C=O) groups excluding carboxylic acids is 2. The summed E-state index contributed by atoms with van der Waals surface area (Å²) in [5.41, 5.74) is 3.42. The zero-order chi connectivity index (χ0) is 34.9. The van der Waals surface area contributed by atoms with Crippen LogP contribution in [0.3, 0.4) is 0 Å². The Morgan fingerprint density at radius 3 is 2.10 bits per heavy atom. The maximum absolute atomic E-state index is 15.1. The number of hydrogen-bond donors (Lipinski definition) is 1. The molecule has 48 heavy (non-hydrogen) atoms. The quantitative estimate of drug-likeness (QED) is 0.242. The van der Waals surface area contributed by atoms with Crippen molar-refractivity contribution in [2.45, 2.75) is 77.3 Å². The molecule has 11 heteroatoms. The highest BCUT2D eigenvalue weighted by Gasteiger charge is 2.60. The van der Waals surface area contributed by atoms with E-state index in [1.54, 1.807) is 6.20 Å². The molecule has 1 fully saturated rings. The number of pyridine rings is 1. The number of benzene rings is 2. The van der Waals surface area contributed by atoms with Crippen LogP contribution in [-0.4, -0.2) is 59.4 Å². The lowest BCUT2D eigenvalue weighted by molar-refractivity contribution is -0.132. The minimum absolute atomic E-state index is 0.136. The first-order valence-electron chi connectivity index (χ1n) is 16.4. The van der Waals surface area contributed by atoms with Crippen molar-refractivity contribution in [2.24, 2.45) is 10.9 Å². The van der Waals surface area contributed by atoms with Crippen molar-refractivity contribution in [1.29, 1.82) is 0 Å². The van der Waals surface area contributed by atoms with Gasteiger partial charge in [0.05, 0.1) is 19.3 Å². The molecule has 3 aromatic rings. The summed E-state index contributed by atoms with van der Waals surface area (Å²) in [7, 11) is 1.42. The third kappa shape index (κ3) is 6.78. The van der Waals surface area contributed by atoms with Crippen molar-refractivity contribution in [3.63, 3.8) is 0 Å². The third-order valence-electron chi connectivity index (χ3n) is 9.69. The SMILES string of the molecule is CCOc1cc(C(C)(C)C)ncc1C1=N[C@@](C)(c2ccc(Cl)cc2)[C@@](C)(c2ccc(Cl)cc2)N1C(=O)N1CCC(CC(=O)NOC)CC1. The second kappa shape index (κ2) is 14.1. The van der Waals surface area contributed by atoms with Gasteiger partial charge in [-0.2, -0.15) is 0 Å². The normalized spacial score (nSPS) is 21.6. The summed E-state index contributed by atoms with van der Waals surface area (Å²) in [6.07, 6.45) is 3.48. The lowest BCUT2D eigenvalue weighted by Crippen LogP contribution is -2.59. The molecule has 256 valence electrons. The predicted octanol–water partition coefficient (Wildman–Crippen LogP) is 7.88. The molecule has 2 aliphatic heterocycles. The predicted molar refractivity (Wildman–Crippen MR) is 190 cm³/mol. The number of nitrogens with zero attached hydrogens (tertiary/aromatic N) is 4. The van der Waals surface area contributed by atoms with Crippen molar-refractivity contribution in [1.82, 2.24) is 20.3 Å². The van der Waals surface area contributed by atoms with Crippen LogP contribution in [0, 0.1) is 5.92 Å². The highest BCUT2D eigenvalue weighted by Crippen LogP contribution is 2.54. The average Bonchev–Trinajstić information content (AvgIpc) is 3.29. The number of nitrogens with one attached hydrogen (secondary N) is 1. The molecule has 0 unspecified atom stereocenters. The van der Waals surface area contributed by atoms with Crippen LogP contribution in [0.25, 0.3) is 0 Å². The van der Waals surface area contributed by atoms with Crippen LogP contribution >= 0.6 is 23.2 Å². The molecule has 0 spiro atoms. The van der Waals surface area contributed by atoms with Crippen LogP contribution in [0.1, 0.15) is 83.2 Å². The molecule has 1 aromatic heterocycles. The van der Waals surface area contributed by atoms with E-state index in [0.717, 1.165) is 16.8 Å². The van der Waals surface area contributed by atoms with Crippen LogP contribution in [0.15, 0.2) is 65.8 Å². The second-order valence-electron chi connectivity index (χ2n) is 13.8. The van der Waals surface area contributed by atoms with E-state index in [1.807, 2.05) is 71.3 Å². The van der Waals surface area contributed by atoms with Gasteiger partial charge in [0.25, 0.3) is 0 Å². The van der Waals surface area contributed by atoms with Crippen LogP contribution in [0.2, 0.25) is 10.0 Å². The van der Waals surface area contributed by atoms with E-state index in [2.05, 4.69) is 40.1 Å². The van der Waals surface area contributed by atoms with Crippen LogP contribution in [0.5, 0.6) is 5.75 Å². The summed E-state index contributed by atoms with van der Waals surface area (Å²) in [6, 6.07) is 17.0. The number of likely N-dealkylation sites (tertiary alicyclic amines) is 1. The van der Waals surface area contributed by atoms with Gasteiger partial charge in [-0.25, -0.2) is 10.3 Å². The summed E-state index contributed by atoms with van der Waals surface area (Å²) in [5, 5.41) is 1.20. The molecular formula is C37H45Cl2N5O4. The van der Waals surface area contributed by atoms with Crippen LogP contribution in [-0.2, 0) is 26.1 Å². The molecule has 0 saturated carbocycles. The van der Waals surface area contributed by atoms with Gasteiger partial charge in [0.2, 0.25) is 5.91 Å². The number of carbonyl (C=O) groups is 2. The minimum atomic E-state index is -1.03. The van der Waals surface area contributed by atoms with Gasteiger partial charge < -0.3 is 9.64 Å². The number of aliphatic imine (C=N–C) groups is 1. The highest BCUT2D eigenvalue weighted by atomic mass is 35.5. The van der Waals surface area contributed by atoms with Crippen molar-refractivity contribution in [3.05, 3.63) is 93.2 Å². The van der Waals surface area contributed by atoms with Crippen molar-refractivity contribution < 1.29 is 19.2 Å². The number of urea groups is 1. The fourth-order valence-electron chi connectivity index (χ4n) is 6.74. The summed E-state index contributed by atoms with van der Waals surface area (Å²) in [6.45, 7) is 13.8. The Kier molecular flexibility index (Phi) is 10.4. The monoisotopic (exact) mass is 693 g/mol. The summed E-state index contributed by atoms with van der Waals surface area (Å²) < 4.78 is 6.25. The van der Waals surface area contributed by atoms with Gasteiger partial charge in [-0.1, -0.05) is 68.2 Å². The number of hydroxylamine groups is 1.